The molecule has 31 heavy (non-hydrogen) atoms. The number of ether oxygens (including phenoxy) is 1. The molecular formula is C26H24N2O3. The predicted molar refractivity (Wildman–Crippen MR) is 124 cm³/mol. The van der Waals surface area contributed by atoms with E-state index in [1.165, 1.54) is 7.11 Å². The number of anilines is 1. The van der Waals surface area contributed by atoms with Gasteiger partial charge in [0, 0.05) is 5.69 Å². The van der Waals surface area contributed by atoms with Gasteiger partial charge in [-0.15, -0.1) is 0 Å². The van der Waals surface area contributed by atoms with Gasteiger partial charge in [0.25, 0.3) is 11.8 Å². The molecule has 156 valence electrons. The number of amides is 2. The zero-order valence-corrected chi connectivity index (χ0v) is 17.5. The second-order valence-electron chi connectivity index (χ2n) is 6.82. The highest BCUT2D eigenvalue weighted by molar-refractivity contribution is 6.09. The number of para-hydroxylation sites is 1. The van der Waals surface area contributed by atoms with E-state index >= 15 is 0 Å². The smallest absolute Gasteiger partial charge is 0.272 e. The number of nitrogens with one attached hydrogen (secondary N) is 2. The number of carbonyl (C=O) groups is 2. The lowest BCUT2D eigenvalue weighted by Gasteiger charge is -2.12. The summed E-state index contributed by atoms with van der Waals surface area (Å²) in [7, 11) is 1.50. The average molecular weight is 412 g/mol. The van der Waals surface area contributed by atoms with Crippen molar-refractivity contribution in [2.24, 2.45) is 0 Å². The number of rotatable bonds is 7. The summed E-state index contributed by atoms with van der Waals surface area (Å²) in [5.74, 6) is -0.432. The van der Waals surface area contributed by atoms with Gasteiger partial charge in [-0.2, -0.15) is 0 Å². The first-order valence-corrected chi connectivity index (χ1v) is 9.82. The van der Waals surface area contributed by atoms with Crippen LogP contribution < -0.4 is 15.4 Å². The fourth-order valence-electron chi connectivity index (χ4n) is 2.85. The maximum Gasteiger partial charge on any atom is 0.272 e. The number of benzene rings is 3. The van der Waals surface area contributed by atoms with E-state index in [0.717, 1.165) is 11.1 Å². The van der Waals surface area contributed by atoms with Crippen molar-refractivity contribution in [3.8, 4) is 5.75 Å². The van der Waals surface area contributed by atoms with Crippen LogP contribution in [0.15, 0.2) is 96.7 Å². The third kappa shape index (κ3) is 6.18. The summed E-state index contributed by atoms with van der Waals surface area (Å²) in [5.41, 5.74) is 3.16. The molecule has 0 unspecified atom stereocenters. The minimum atomic E-state index is -0.434. The SMILES string of the molecule is COc1ccccc1C(=O)NC(=CC=Cc1ccccc1)C(=O)Nc1ccc(C)cc1. The Morgan fingerprint density at radius 3 is 2.26 bits per heavy atom. The molecule has 0 saturated heterocycles. The van der Waals surface area contributed by atoms with Crippen molar-refractivity contribution in [1.29, 1.82) is 0 Å². The standard InChI is InChI=1S/C26H24N2O3/c1-19-15-17-21(18-16-19)27-26(30)23(13-8-11-20-9-4-3-5-10-20)28-25(29)22-12-6-7-14-24(22)31-2/h3-18H,1-2H3,(H,27,30)(H,28,29). The quantitative estimate of drug-likeness (QED) is 0.425. The number of hydrogen-bond acceptors (Lipinski definition) is 3. The van der Waals surface area contributed by atoms with Gasteiger partial charge in [0.2, 0.25) is 0 Å². The van der Waals surface area contributed by atoms with E-state index in [-0.39, 0.29) is 5.70 Å². The maximum absolute atomic E-state index is 12.9. The van der Waals surface area contributed by atoms with Crippen LogP contribution in [0.3, 0.4) is 0 Å². The molecule has 0 saturated carbocycles. The minimum absolute atomic E-state index is 0.115. The van der Waals surface area contributed by atoms with Crippen LogP contribution in [-0.4, -0.2) is 18.9 Å². The summed E-state index contributed by atoms with van der Waals surface area (Å²) in [5, 5.41) is 5.52. The highest BCUT2D eigenvalue weighted by Gasteiger charge is 2.17. The highest BCUT2D eigenvalue weighted by Crippen LogP contribution is 2.18. The van der Waals surface area contributed by atoms with E-state index in [2.05, 4.69) is 10.6 Å². The molecule has 5 heteroatoms. The lowest BCUT2D eigenvalue weighted by molar-refractivity contribution is -0.113. The van der Waals surface area contributed by atoms with Gasteiger partial charge < -0.3 is 15.4 Å². The number of hydrogen-bond donors (Lipinski definition) is 2. The summed E-state index contributed by atoms with van der Waals surface area (Å²) >= 11 is 0. The van der Waals surface area contributed by atoms with Crippen LogP contribution in [0.25, 0.3) is 6.08 Å². The fourth-order valence-corrected chi connectivity index (χ4v) is 2.85. The zero-order valence-electron chi connectivity index (χ0n) is 17.5. The Hall–Kier alpha value is -4.12. The summed E-state index contributed by atoms with van der Waals surface area (Å²) in [6, 6.07) is 24.0. The molecule has 0 aromatic heterocycles. The van der Waals surface area contributed by atoms with Gasteiger partial charge in [0.15, 0.2) is 0 Å². The van der Waals surface area contributed by atoms with Crippen LogP contribution in [0.4, 0.5) is 5.69 Å². The van der Waals surface area contributed by atoms with Crippen LogP contribution in [0.1, 0.15) is 21.5 Å². The Morgan fingerprint density at radius 2 is 1.55 bits per heavy atom. The van der Waals surface area contributed by atoms with Crippen molar-refractivity contribution in [2.45, 2.75) is 6.92 Å². The normalized spacial score (nSPS) is 11.2. The molecule has 2 amide bonds. The second kappa shape index (κ2) is 10.6. The lowest BCUT2D eigenvalue weighted by atomic mass is 10.1. The molecule has 0 aliphatic rings. The van der Waals surface area contributed by atoms with Crippen LogP contribution in [0, 0.1) is 6.92 Å². The Labute approximate surface area is 182 Å². The van der Waals surface area contributed by atoms with E-state index in [4.69, 9.17) is 4.74 Å². The van der Waals surface area contributed by atoms with Crippen LogP contribution in [-0.2, 0) is 4.79 Å². The maximum atomic E-state index is 12.9. The van der Waals surface area contributed by atoms with E-state index in [1.54, 1.807) is 36.4 Å². The first kappa shape index (κ1) is 21.6. The first-order valence-electron chi connectivity index (χ1n) is 9.82. The van der Waals surface area contributed by atoms with Gasteiger partial charge in [-0.05, 0) is 42.8 Å². The lowest BCUT2D eigenvalue weighted by Crippen LogP contribution is -2.31. The minimum Gasteiger partial charge on any atom is -0.496 e. The molecule has 0 aliphatic heterocycles. The van der Waals surface area contributed by atoms with Gasteiger partial charge in [-0.3, -0.25) is 9.59 Å². The molecule has 0 heterocycles. The second-order valence-corrected chi connectivity index (χ2v) is 6.82. The molecule has 3 aromatic carbocycles. The van der Waals surface area contributed by atoms with Gasteiger partial charge >= 0.3 is 0 Å². The predicted octanol–water partition coefficient (Wildman–Crippen LogP) is 4.97. The number of allylic oxidation sites excluding steroid dienone is 2. The first-order chi connectivity index (χ1) is 15.1. The van der Waals surface area contributed by atoms with Crippen molar-refractivity contribution in [3.63, 3.8) is 0 Å². The molecule has 0 spiro atoms. The van der Waals surface area contributed by atoms with Gasteiger partial charge in [0.1, 0.15) is 11.4 Å². The molecule has 2 N–H and O–H groups in total. The number of methoxy groups -OCH3 is 1. The van der Waals surface area contributed by atoms with E-state index in [9.17, 15) is 9.59 Å². The molecular weight excluding hydrogens is 388 g/mol. The van der Waals surface area contributed by atoms with E-state index in [1.807, 2.05) is 67.6 Å². The molecule has 0 bridgehead atoms. The monoisotopic (exact) mass is 412 g/mol. The summed E-state index contributed by atoms with van der Waals surface area (Å²) in [4.78, 5) is 25.7. The van der Waals surface area contributed by atoms with Gasteiger partial charge in [-0.1, -0.05) is 72.3 Å². The Kier molecular flexibility index (Phi) is 7.38. The third-order valence-corrected chi connectivity index (χ3v) is 4.50. The Morgan fingerprint density at radius 1 is 0.871 bits per heavy atom. The summed E-state index contributed by atoms with van der Waals surface area (Å²) in [6.07, 6.45) is 5.15. The van der Waals surface area contributed by atoms with Crippen molar-refractivity contribution in [1.82, 2.24) is 5.32 Å². The molecule has 0 atom stereocenters. The number of aryl methyl sites for hydroxylation is 1. The van der Waals surface area contributed by atoms with Crippen LogP contribution in [0.5, 0.6) is 5.75 Å². The Bertz CT molecular complexity index is 1100. The van der Waals surface area contributed by atoms with Crippen LogP contribution >= 0.6 is 0 Å². The van der Waals surface area contributed by atoms with Crippen molar-refractivity contribution in [3.05, 3.63) is 113 Å². The topological polar surface area (TPSA) is 67.4 Å². The van der Waals surface area contributed by atoms with Crippen molar-refractivity contribution >= 4 is 23.6 Å². The molecule has 3 rings (SSSR count). The molecule has 0 aliphatic carbocycles. The van der Waals surface area contributed by atoms with Gasteiger partial charge in [-0.25, -0.2) is 0 Å². The largest absolute Gasteiger partial charge is 0.496 e. The summed E-state index contributed by atoms with van der Waals surface area (Å²) in [6.45, 7) is 1.97. The van der Waals surface area contributed by atoms with E-state index < -0.39 is 11.8 Å². The molecule has 3 aromatic rings. The fraction of sp³-hybridized carbons (Fsp3) is 0.0769. The van der Waals surface area contributed by atoms with E-state index in [0.29, 0.717) is 17.0 Å². The molecule has 0 radical (unpaired) electrons. The van der Waals surface area contributed by atoms with Crippen molar-refractivity contribution in [2.75, 3.05) is 12.4 Å². The third-order valence-electron chi connectivity index (χ3n) is 4.50. The Balaban J connectivity index is 1.84. The summed E-state index contributed by atoms with van der Waals surface area (Å²) < 4.78 is 5.26. The zero-order chi connectivity index (χ0) is 22.1. The molecule has 5 nitrogen and oxygen atoms in total. The average Bonchev–Trinajstić information content (AvgIpc) is 2.80. The van der Waals surface area contributed by atoms with Crippen molar-refractivity contribution < 1.29 is 14.3 Å². The van der Waals surface area contributed by atoms with Crippen LogP contribution in [0.2, 0.25) is 0 Å². The van der Waals surface area contributed by atoms with Gasteiger partial charge in [0.05, 0.1) is 12.7 Å². The number of carbonyl (C=O) groups excluding carboxylic acids is 2. The highest BCUT2D eigenvalue weighted by atomic mass is 16.5. The molecule has 0 fully saturated rings.